The van der Waals surface area contributed by atoms with Crippen LogP contribution in [0.5, 0.6) is 0 Å². The fourth-order valence-electron chi connectivity index (χ4n) is 2.39. The number of aliphatic imine (C=N–C) groups is 1. The van der Waals surface area contributed by atoms with Crippen molar-refractivity contribution in [2.75, 3.05) is 11.4 Å². The van der Waals surface area contributed by atoms with E-state index in [9.17, 15) is 9.90 Å². The van der Waals surface area contributed by atoms with Gasteiger partial charge in [-0.3, -0.25) is 0 Å². The molecule has 1 aliphatic heterocycles. The van der Waals surface area contributed by atoms with E-state index >= 15 is 0 Å². The number of carbonyl (C=O) groups is 1. The first-order valence-corrected chi connectivity index (χ1v) is 5.83. The van der Waals surface area contributed by atoms with Gasteiger partial charge in [0.05, 0.1) is 11.4 Å². The molecule has 0 saturated heterocycles. The van der Waals surface area contributed by atoms with Crippen molar-refractivity contribution in [2.45, 2.75) is 6.92 Å². The minimum Gasteiger partial charge on any atom is -0.475 e. The van der Waals surface area contributed by atoms with Crippen LogP contribution in [0.25, 0.3) is 10.8 Å². The first kappa shape index (κ1) is 10.8. The molecule has 90 valence electrons. The zero-order valence-electron chi connectivity index (χ0n) is 9.92. The normalized spacial score (nSPS) is 13.6. The van der Waals surface area contributed by atoms with Gasteiger partial charge in [0.2, 0.25) is 5.84 Å². The van der Waals surface area contributed by atoms with Crippen LogP contribution in [-0.4, -0.2) is 23.5 Å². The van der Waals surface area contributed by atoms with Gasteiger partial charge in [0.15, 0.2) is 0 Å². The smallest absolute Gasteiger partial charge is 0.372 e. The van der Waals surface area contributed by atoms with E-state index in [4.69, 9.17) is 0 Å². The Morgan fingerprint density at radius 2 is 2.00 bits per heavy atom. The molecule has 1 aliphatic rings. The van der Waals surface area contributed by atoms with E-state index in [-0.39, 0.29) is 5.84 Å². The molecule has 1 N–H and O–H groups in total. The maximum Gasteiger partial charge on any atom is 0.372 e. The average molecular weight is 240 g/mol. The lowest BCUT2D eigenvalue weighted by Gasteiger charge is -2.27. The lowest BCUT2D eigenvalue weighted by molar-refractivity contribution is -0.129. The highest BCUT2D eigenvalue weighted by atomic mass is 16.4. The molecular weight excluding hydrogens is 228 g/mol. The van der Waals surface area contributed by atoms with Gasteiger partial charge in [0.1, 0.15) is 0 Å². The van der Waals surface area contributed by atoms with Crippen LogP contribution in [0.15, 0.2) is 41.4 Å². The Morgan fingerprint density at radius 1 is 1.28 bits per heavy atom. The summed E-state index contributed by atoms with van der Waals surface area (Å²) in [7, 11) is 0. The Hall–Kier alpha value is -2.36. The van der Waals surface area contributed by atoms with Crippen LogP contribution in [0.4, 0.5) is 11.4 Å². The fourth-order valence-corrected chi connectivity index (χ4v) is 2.39. The Kier molecular flexibility index (Phi) is 2.30. The van der Waals surface area contributed by atoms with E-state index in [0.717, 1.165) is 22.1 Å². The van der Waals surface area contributed by atoms with Crippen LogP contribution >= 0.6 is 0 Å². The Balaban J connectivity index is 2.38. The number of rotatable bonds is 2. The van der Waals surface area contributed by atoms with Crippen LogP contribution in [0.3, 0.4) is 0 Å². The van der Waals surface area contributed by atoms with Crippen molar-refractivity contribution < 1.29 is 9.90 Å². The van der Waals surface area contributed by atoms with E-state index < -0.39 is 5.97 Å². The van der Waals surface area contributed by atoms with Crippen molar-refractivity contribution in [3.05, 3.63) is 36.4 Å². The van der Waals surface area contributed by atoms with Crippen LogP contribution < -0.4 is 4.90 Å². The molecule has 1 heterocycles. The number of nitrogens with zero attached hydrogens (tertiary/aromatic N) is 2. The van der Waals surface area contributed by atoms with E-state index in [1.54, 1.807) is 4.90 Å². The second-order valence-corrected chi connectivity index (χ2v) is 4.14. The first-order valence-electron chi connectivity index (χ1n) is 5.83. The summed E-state index contributed by atoms with van der Waals surface area (Å²) in [6.07, 6.45) is 0. The summed E-state index contributed by atoms with van der Waals surface area (Å²) >= 11 is 0. The van der Waals surface area contributed by atoms with Gasteiger partial charge in [0.25, 0.3) is 0 Å². The van der Waals surface area contributed by atoms with Crippen molar-refractivity contribution in [3.63, 3.8) is 0 Å². The molecule has 0 unspecified atom stereocenters. The molecule has 18 heavy (non-hydrogen) atoms. The molecule has 0 bridgehead atoms. The van der Waals surface area contributed by atoms with E-state index in [0.29, 0.717) is 6.54 Å². The summed E-state index contributed by atoms with van der Waals surface area (Å²) < 4.78 is 0. The zero-order valence-corrected chi connectivity index (χ0v) is 9.92. The summed E-state index contributed by atoms with van der Waals surface area (Å²) in [5, 5.41) is 11.3. The van der Waals surface area contributed by atoms with Crippen LogP contribution in [0, 0.1) is 0 Å². The Morgan fingerprint density at radius 3 is 2.67 bits per heavy atom. The molecular formula is C14H12N2O2. The zero-order chi connectivity index (χ0) is 12.7. The molecule has 2 aromatic rings. The summed E-state index contributed by atoms with van der Waals surface area (Å²) in [6, 6.07) is 11.6. The fraction of sp³-hybridized carbons (Fsp3) is 0.143. The number of carboxylic acid groups (broad SMARTS) is 1. The molecule has 0 radical (unpaired) electrons. The molecule has 2 aromatic carbocycles. The lowest BCUT2D eigenvalue weighted by Crippen LogP contribution is -2.37. The van der Waals surface area contributed by atoms with Gasteiger partial charge in [-0.1, -0.05) is 24.3 Å². The van der Waals surface area contributed by atoms with E-state index in [2.05, 4.69) is 4.99 Å². The molecule has 0 saturated carbocycles. The third-order valence-electron chi connectivity index (χ3n) is 3.14. The molecule has 4 heteroatoms. The van der Waals surface area contributed by atoms with Gasteiger partial charge < -0.3 is 10.0 Å². The van der Waals surface area contributed by atoms with Crippen molar-refractivity contribution in [1.82, 2.24) is 0 Å². The maximum absolute atomic E-state index is 11.3. The molecule has 3 rings (SSSR count). The summed E-state index contributed by atoms with van der Waals surface area (Å²) in [5.41, 5.74) is 1.64. The van der Waals surface area contributed by atoms with E-state index in [1.807, 2.05) is 43.3 Å². The second-order valence-electron chi connectivity index (χ2n) is 4.14. The van der Waals surface area contributed by atoms with Crippen molar-refractivity contribution >= 4 is 34.0 Å². The third kappa shape index (κ3) is 1.39. The second kappa shape index (κ2) is 3.84. The number of hydrogen-bond acceptors (Lipinski definition) is 3. The predicted molar refractivity (Wildman–Crippen MR) is 71.7 cm³/mol. The van der Waals surface area contributed by atoms with Gasteiger partial charge in [0, 0.05) is 11.9 Å². The molecule has 0 amide bonds. The quantitative estimate of drug-likeness (QED) is 0.878. The number of aliphatic carboxylic acids is 1. The van der Waals surface area contributed by atoms with Crippen LogP contribution in [0.2, 0.25) is 0 Å². The number of anilines is 1. The Labute approximate surface area is 104 Å². The molecule has 0 atom stereocenters. The van der Waals surface area contributed by atoms with Crippen molar-refractivity contribution in [3.8, 4) is 0 Å². The molecule has 4 nitrogen and oxygen atoms in total. The number of hydrogen-bond donors (Lipinski definition) is 1. The monoisotopic (exact) mass is 240 g/mol. The SMILES string of the molecule is CCN1C(C(=O)O)=Nc2cccc3cccc1c23. The van der Waals surface area contributed by atoms with E-state index in [1.165, 1.54) is 0 Å². The number of benzene rings is 2. The van der Waals surface area contributed by atoms with Gasteiger partial charge >= 0.3 is 5.97 Å². The minimum atomic E-state index is -0.997. The topological polar surface area (TPSA) is 52.9 Å². The van der Waals surface area contributed by atoms with Crippen LogP contribution in [-0.2, 0) is 4.79 Å². The number of likely N-dealkylation sites (N-methyl/N-ethyl adjacent to an activating group) is 1. The van der Waals surface area contributed by atoms with Crippen molar-refractivity contribution in [2.24, 2.45) is 4.99 Å². The van der Waals surface area contributed by atoms with Gasteiger partial charge in [-0.15, -0.1) is 0 Å². The highest BCUT2D eigenvalue weighted by Gasteiger charge is 2.25. The average Bonchev–Trinajstić information content (AvgIpc) is 2.39. The molecule has 0 fully saturated rings. The largest absolute Gasteiger partial charge is 0.475 e. The summed E-state index contributed by atoms with van der Waals surface area (Å²) in [6.45, 7) is 2.50. The molecule has 0 aliphatic carbocycles. The number of amidine groups is 1. The standard InChI is InChI=1S/C14H12N2O2/c1-2-16-11-8-4-6-9-5-3-7-10(12(9)11)15-13(16)14(17)18/h3-8H,2H2,1H3,(H,17,18). The van der Waals surface area contributed by atoms with Gasteiger partial charge in [-0.25, -0.2) is 9.79 Å². The minimum absolute atomic E-state index is 0.0868. The van der Waals surface area contributed by atoms with Gasteiger partial charge in [-0.05, 0) is 24.4 Å². The van der Waals surface area contributed by atoms with Crippen LogP contribution in [0.1, 0.15) is 6.92 Å². The first-order chi connectivity index (χ1) is 8.72. The highest BCUT2D eigenvalue weighted by Crippen LogP contribution is 2.38. The Bertz CT molecular complexity index is 671. The highest BCUT2D eigenvalue weighted by molar-refractivity contribution is 6.42. The predicted octanol–water partition coefficient (Wildman–Crippen LogP) is 2.79. The summed E-state index contributed by atoms with van der Waals surface area (Å²) in [5.74, 6) is -0.910. The summed E-state index contributed by atoms with van der Waals surface area (Å²) in [4.78, 5) is 17.3. The van der Waals surface area contributed by atoms with Gasteiger partial charge in [-0.2, -0.15) is 0 Å². The lowest BCUT2D eigenvalue weighted by atomic mass is 10.0. The number of carboxylic acids is 1. The molecule has 0 spiro atoms. The van der Waals surface area contributed by atoms with Crippen molar-refractivity contribution in [1.29, 1.82) is 0 Å². The maximum atomic E-state index is 11.3. The third-order valence-corrected chi connectivity index (χ3v) is 3.14. The molecule has 0 aromatic heterocycles.